The molecule has 1 N–H and O–H groups in total. The van der Waals surface area contributed by atoms with Gasteiger partial charge >= 0.3 is 5.97 Å². The quantitative estimate of drug-likeness (QED) is 0.412. The molecule has 5 fully saturated rings. The van der Waals surface area contributed by atoms with E-state index in [0.29, 0.717) is 23.0 Å². The summed E-state index contributed by atoms with van der Waals surface area (Å²) in [6, 6.07) is 13.1. The second-order valence-corrected chi connectivity index (χ2v) is 13.9. The number of para-hydroxylation sites is 2. The maximum atomic E-state index is 14.3. The Labute approximate surface area is 246 Å². The number of carboxylic acids is 1. The number of carbonyl (C=O) groups is 1. The topological polar surface area (TPSA) is 97.4 Å². The molecule has 0 radical (unpaired) electrons. The predicted octanol–water partition coefficient (Wildman–Crippen LogP) is 5.33. The first-order valence-electron chi connectivity index (χ1n) is 15.9. The molecule has 3 aromatic rings. The molecular formula is C34H42N4O4. The minimum Gasteiger partial charge on any atom is -0.480 e. The molecule has 3 aliphatic carbocycles. The van der Waals surface area contributed by atoms with Crippen molar-refractivity contribution in [3.05, 3.63) is 63.2 Å². The molecule has 1 aromatic carbocycles. The highest BCUT2D eigenvalue weighted by Crippen LogP contribution is 2.62. The Morgan fingerprint density at radius 2 is 1.71 bits per heavy atom. The Hall–Kier alpha value is -3.26. The van der Waals surface area contributed by atoms with Crippen molar-refractivity contribution in [2.45, 2.75) is 96.3 Å². The number of aromatic nitrogens is 3. The van der Waals surface area contributed by atoms with E-state index in [4.69, 9.17) is 4.98 Å². The number of fused-ring (bicyclic) bond motifs is 5. The van der Waals surface area contributed by atoms with Gasteiger partial charge < -0.3 is 9.67 Å². The second kappa shape index (κ2) is 10.5. The SMILES string of the molecule is CC1(C)C2CCC(CCN3C4CCCC3CC(n3c(=O)c(-c5cccc(=O)n5CC(=O)O)nc5ccccc53)C4)C1C2. The highest BCUT2D eigenvalue weighted by molar-refractivity contribution is 5.78. The fourth-order valence-electron chi connectivity index (χ4n) is 9.36. The summed E-state index contributed by atoms with van der Waals surface area (Å²) >= 11 is 0. The number of nitrogens with zero attached hydrogens (tertiary/aromatic N) is 4. The van der Waals surface area contributed by atoms with E-state index >= 15 is 0 Å². The molecule has 2 aromatic heterocycles. The van der Waals surface area contributed by atoms with Crippen LogP contribution in [0.1, 0.15) is 77.7 Å². The van der Waals surface area contributed by atoms with Crippen molar-refractivity contribution in [2.24, 2.45) is 23.2 Å². The molecule has 5 aliphatic rings. The Bertz CT molecular complexity index is 1620. The highest BCUT2D eigenvalue weighted by atomic mass is 16.4. The number of pyridine rings is 1. The van der Waals surface area contributed by atoms with Gasteiger partial charge in [-0.05, 0) is 99.3 Å². The molecule has 2 saturated heterocycles. The van der Waals surface area contributed by atoms with Gasteiger partial charge in [-0.15, -0.1) is 0 Å². The van der Waals surface area contributed by atoms with Gasteiger partial charge in [0.25, 0.3) is 11.1 Å². The summed E-state index contributed by atoms with van der Waals surface area (Å²) in [6.07, 6.45) is 10.9. The van der Waals surface area contributed by atoms with Crippen molar-refractivity contribution in [2.75, 3.05) is 6.54 Å². The van der Waals surface area contributed by atoms with E-state index in [1.807, 2.05) is 28.8 Å². The average molecular weight is 571 g/mol. The summed E-state index contributed by atoms with van der Waals surface area (Å²) in [5, 5.41) is 9.48. The summed E-state index contributed by atoms with van der Waals surface area (Å²) in [4.78, 5) is 46.0. The van der Waals surface area contributed by atoms with Gasteiger partial charge in [0.15, 0.2) is 5.69 Å². The monoisotopic (exact) mass is 570 g/mol. The standard InChI is InChI=1S/C34H42N4O4/c1-34(2)22-14-13-21(26(34)17-22)15-16-36-23-7-5-8-24(36)19-25(18-23)38-28-10-4-3-9-27(28)35-32(33(38)42)29-11-6-12-30(39)37(29)20-31(40)41/h3-4,6,9-12,21-26H,5,7-8,13-20H2,1-2H3,(H,40,41). The lowest BCUT2D eigenvalue weighted by Gasteiger charge is -2.60. The smallest absolute Gasteiger partial charge is 0.323 e. The molecule has 0 spiro atoms. The van der Waals surface area contributed by atoms with Crippen LogP contribution < -0.4 is 11.1 Å². The zero-order valence-electron chi connectivity index (χ0n) is 24.7. The molecular weight excluding hydrogens is 528 g/mol. The number of hydrogen-bond donors (Lipinski definition) is 1. The van der Waals surface area contributed by atoms with E-state index < -0.39 is 18.1 Å². The lowest BCUT2D eigenvalue weighted by atomic mass is 9.45. The van der Waals surface area contributed by atoms with Crippen LogP contribution >= 0.6 is 0 Å². The van der Waals surface area contributed by atoms with Crippen molar-refractivity contribution in [1.82, 2.24) is 19.0 Å². The number of rotatable bonds is 7. The third kappa shape index (κ3) is 4.53. The number of benzene rings is 1. The average Bonchev–Trinajstić information content (AvgIpc) is 2.96. The summed E-state index contributed by atoms with van der Waals surface area (Å²) in [7, 11) is 0. The Morgan fingerprint density at radius 1 is 0.952 bits per heavy atom. The Kier molecular flexibility index (Phi) is 6.87. The van der Waals surface area contributed by atoms with Gasteiger partial charge in [0, 0.05) is 24.2 Å². The molecule has 8 nitrogen and oxygen atoms in total. The first kappa shape index (κ1) is 27.6. The molecule has 8 heteroatoms. The van der Waals surface area contributed by atoms with Crippen LogP contribution in [0.4, 0.5) is 0 Å². The van der Waals surface area contributed by atoms with E-state index in [1.165, 1.54) is 38.2 Å². The first-order valence-corrected chi connectivity index (χ1v) is 15.9. The third-order valence-electron chi connectivity index (χ3n) is 11.6. The minimum absolute atomic E-state index is 0.0278. The molecule has 5 unspecified atom stereocenters. The van der Waals surface area contributed by atoms with Crippen LogP contribution in [-0.2, 0) is 11.3 Å². The summed E-state index contributed by atoms with van der Waals surface area (Å²) in [6.45, 7) is 5.61. The van der Waals surface area contributed by atoms with E-state index in [0.717, 1.165) is 60.1 Å². The van der Waals surface area contributed by atoms with Crippen LogP contribution in [0.15, 0.2) is 52.1 Å². The molecule has 0 amide bonds. The zero-order chi connectivity index (χ0) is 29.2. The predicted molar refractivity (Wildman–Crippen MR) is 162 cm³/mol. The number of carboxylic acid groups (broad SMARTS) is 1. The van der Waals surface area contributed by atoms with E-state index in [1.54, 1.807) is 12.1 Å². The van der Waals surface area contributed by atoms with Gasteiger partial charge in [-0.25, -0.2) is 4.98 Å². The molecule has 42 heavy (non-hydrogen) atoms. The summed E-state index contributed by atoms with van der Waals surface area (Å²) in [5.41, 5.74) is 1.67. The van der Waals surface area contributed by atoms with Gasteiger partial charge in [-0.2, -0.15) is 0 Å². The largest absolute Gasteiger partial charge is 0.480 e. The van der Waals surface area contributed by atoms with Crippen LogP contribution in [0, 0.1) is 23.2 Å². The van der Waals surface area contributed by atoms with Crippen LogP contribution in [0.5, 0.6) is 0 Å². The fourth-order valence-corrected chi connectivity index (χ4v) is 9.36. The summed E-state index contributed by atoms with van der Waals surface area (Å²) < 4.78 is 3.06. The van der Waals surface area contributed by atoms with Crippen molar-refractivity contribution < 1.29 is 9.90 Å². The van der Waals surface area contributed by atoms with E-state index in [-0.39, 0.29) is 23.0 Å². The number of piperidine rings is 2. The Morgan fingerprint density at radius 3 is 2.43 bits per heavy atom. The van der Waals surface area contributed by atoms with Crippen LogP contribution in [0.2, 0.25) is 0 Å². The maximum absolute atomic E-state index is 14.3. The molecule has 5 atom stereocenters. The van der Waals surface area contributed by atoms with Gasteiger partial charge in [0.1, 0.15) is 6.54 Å². The number of aliphatic carboxylic acids is 1. The van der Waals surface area contributed by atoms with Crippen LogP contribution in [0.25, 0.3) is 22.4 Å². The first-order chi connectivity index (χ1) is 20.2. The molecule has 4 heterocycles. The fraction of sp³-hybridized carbons (Fsp3) is 0.588. The lowest BCUT2D eigenvalue weighted by molar-refractivity contribution is -0.137. The van der Waals surface area contributed by atoms with Gasteiger partial charge in [-0.3, -0.25) is 23.9 Å². The molecule has 222 valence electrons. The number of hydrogen-bond acceptors (Lipinski definition) is 5. The minimum atomic E-state index is -1.14. The van der Waals surface area contributed by atoms with Gasteiger partial charge in [0.2, 0.25) is 0 Å². The van der Waals surface area contributed by atoms with Crippen LogP contribution in [0.3, 0.4) is 0 Å². The molecule has 8 rings (SSSR count). The molecule has 2 aliphatic heterocycles. The Balaban J connectivity index is 1.21. The van der Waals surface area contributed by atoms with Gasteiger partial charge in [0.05, 0.1) is 16.7 Å². The third-order valence-corrected chi connectivity index (χ3v) is 11.6. The van der Waals surface area contributed by atoms with E-state index in [9.17, 15) is 19.5 Å². The molecule has 4 bridgehead atoms. The lowest BCUT2D eigenvalue weighted by Crippen LogP contribution is -2.55. The van der Waals surface area contributed by atoms with Gasteiger partial charge in [-0.1, -0.05) is 38.5 Å². The maximum Gasteiger partial charge on any atom is 0.323 e. The van der Waals surface area contributed by atoms with Crippen LogP contribution in [-0.4, -0.2) is 48.7 Å². The summed E-state index contributed by atoms with van der Waals surface area (Å²) in [5.74, 6) is 1.51. The van der Waals surface area contributed by atoms with Crippen molar-refractivity contribution >= 4 is 17.0 Å². The van der Waals surface area contributed by atoms with Crippen molar-refractivity contribution in [1.29, 1.82) is 0 Å². The van der Waals surface area contributed by atoms with E-state index in [2.05, 4.69) is 18.7 Å². The van der Waals surface area contributed by atoms with Crippen molar-refractivity contribution in [3.63, 3.8) is 0 Å². The molecule has 3 saturated carbocycles. The normalized spacial score (nSPS) is 30.1. The zero-order valence-corrected chi connectivity index (χ0v) is 24.7. The highest BCUT2D eigenvalue weighted by Gasteiger charge is 2.54. The van der Waals surface area contributed by atoms with Crippen molar-refractivity contribution in [3.8, 4) is 11.4 Å². The second-order valence-electron chi connectivity index (χ2n) is 13.9.